The van der Waals surface area contributed by atoms with Crippen LogP contribution < -0.4 is 16.6 Å². The highest BCUT2D eigenvalue weighted by Gasteiger charge is 2.49. The molecular weight excluding hydrogens is 390 g/mol. The van der Waals surface area contributed by atoms with Gasteiger partial charge in [-0.15, -0.1) is 0 Å². The molecule has 174 valence electrons. The number of nitrogens with zero attached hydrogens (tertiary/aromatic N) is 2. The van der Waals surface area contributed by atoms with Crippen LogP contribution >= 0.6 is 0 Å². The van der Waals surface area contributed by atoms with Crippen molar-refractivity contribution in [1.29, 1.82) is 0 Å². The molecule has 2 aliphatic heterocycles. The Balaban J connectivity index is 1.13. The van der Waals surface area contributed by atoms with E-state index >= 15 is 0 Å². The second-order valence-electron chi connectivity index (χ2n) is 11.3. The van der Waals surface area contributed by atoms with E-state index in [1.165, 1.54) is 19.3 Å². The van der Waals surface area contributed by atoms with Gasteiger partial charge in [-0.2, -0.15) is 0 Å². The average molecular weight is 432 g/mol. The number of amides is 2. The Morgan fingerprint density at radius 3 is 2.23 bits per heavy atom. The number of hydrazine groups is 1. The summed E-state index contributed by atoms with van der Waals surface area (Å²) in [5.74, 6) is 3.13. The van der Waals surface area contributed by atoms with Crippen LogP contribution in [0.5, 0.6) is 0 Å². The Morgan fingerprint density at radius 1 is 0.871 bits per heavy atom. The average Bonchev–Trinajstić information content (AvgIpc) is 3.37. The van der Waals surface area contributed by atoms with Crippen molar-refractivity contribution >= 4 is 11.8 Å². The molecule has 5 fully saturated rings. The van der Waals surface area contributed by atoms with E-state index in [0.717, 1.165) is 43.9 Å². The van der Waals surface area contributed by atoms with E-state index in [9.17, 15) is 9.59 Å². The van der Waals surface area contributed by atoms with Gasteiger partial charge in [-0.25, -0.2) is 0 Å². The first kappa shape index (κ1) is 21.7. The predicted octanol–water partition coefficient (Wildman–Crippen LogP) is 1.48. The topological polar surface area (TPSA) is 90.7 Å². The summed E-state index contributed by atoms with van der Waals surface area (Å²) in [4.78, 5) is 29.7. The summed E-state index contributed by atoms with van der Waals surface area (Å²) in [6.45, 7) is 7.24. The van der Waals surface area contributed by atoms with E-state index in [-0.39, 0.29) is 11.8 Å². The molecule has 2 saturated heterocycles. The lowest BCUT2D eigenvalue weighted by Gasteiger charge is -2.42. The largest absolute Gasteiger partial charge is 0.339 e. The number of piperazine rings is 1. The molecule has 0 aromatic rings. The van der Waals surface area contributed by atoms with Crippen molar-refractivity contribution in [2.24, 2.45) is 35.3 Å². The highest BCUT2D eigenvalue weighted by Crippen LogP contribution is 2.43. The summed E-state index contributed by atoms with van der Waals surface area (Å²) in [6.07, 6.45) is 8.92. The quantitative estimate of drug-likeness (QED) is 0.630. The number of rotatable bonds is 3. The van der Waals surface area contributed by atoms with E-state index in [1.807, 2.05) is 9.80 Å². The van der Waals surface area contributed by atoms with Crippen molar-refractivity contribution in [1.82, 2.24) is 20.7 Å². The summed E-state index contributed by atoms with van der Waals surface area (Å²) in [7, 11) is 0. The zero-order valence-electron chi connectivity index (χ0n) is 19.3. The number of carbonyl (C=O) groups excluding carboxylic acids is 2. The number of nitrogens with two attached hydrogens (primary N) is 1. The molecule has 4 N–H and O–H groups in total. The van der Waals surface area contributed by atoms with Crippen LogP contribution in [0.1, 0.15) is 65.2 Å². The minimum atomic E-state index is -0.600. The molecule has 0 radical (unpaired) electrons. The third-order valence-electron chi connectivity index (χ3n) is 9.28. The van der Waals surface area contributed by atoms with E-state index in [0.29, 0.717) is 56.0 Å². The van der Waals surface area contributed by atoms with Crippen LogP contribution in [-0.4, -0.2) is 65.4 Å². The van der Waals surface area contributed by atoms with Gasteiger partial charge in [0, 0.05) is 44.2 Å². The standard InChI is InChI=1S/C24H41N5O2/c1-15-4-3-5-19-20(15)26-27-21(19)17-6-7-18(16(2)14-17)22(30)28-10-12-29(13-11-28)23(31)24(25)8-9-24/h15-21,26-27H,3-14,25H2,1-2H3. The second-order valence-corrected chi connectivity index (χ2v) is 11.3. The predicted molar refractivity (Wildman–Crippen MR) is 120 cm³/mol. The van der Waals surface area contributed by atoms with Gasteiger partial charge in [-0.3, -0.25) is 20.4 Å². The van der Waals surface area contributed by atoms with Gasteiger partial charge in [-0.1, -0.05) is 20.3 Å². The minimum absolute atomic E-state index is 0.0847. The van der Waals surface area contributed by atoms with Crippen molar-refractivity contribution in [2.45, 2.75) is 82.8 Å². The summed E-state index contributed by atoms with van der Waals surface area (Å²) in [6, 6.07) is 1.18. The molecule has 0 aromatic heterocycles. The fourth-order valence-electron chi connectivity index (χ4n) is 7.03. The minimum Gasteiger partial charge on any atom is -0.339 e. The lowest BCUT2D eigenvalue weighted by Crippen LogP contribution is -2.56. The van der Waals surface area contributed by atoms with Crippen LogP contribution in [0.15, 0.2) is 0 Å². The number of hydrogen-bond acceptors (Lipinski definition) is 5. The van der Waals surface area contributed by atoms with Gasteiger partial charge in [-0.05, 0) is 68.6 Å². The first-order valence-electron chi connectivity index (χ1n) is 12.8. The fraction of sp³-hybridized carbons (Fsp3) is 0.917. The second kappa shape index (κ2) is 8.31. The maximum atomic E-state index is 13.3. The van der Waals surface area contributed by atoms with Gasteiger partial charge in [0.2, 0.25) is 11.8 Å². The number of fused-ring (bicyclic) bond motifs is 1. The Bertz CT molecular complexity index is 702. The zero-order chi connectivity index (χ0) is 21.8. The molecular formula is C24H41N5O2. The Labute approximate surface area is 186 Å². The molecule has 7 atom stereocenters. The van der Waals surface area contributed by atoms with E-state index in [2.05, 4.69) is 24.7 Å². The molecule has 7 heteroatoms. The molecule has 2 heterocycles. The molecule has 5 aliphatic rings. The van der Waals surface area contributed by atoms with Crippen molar-refractivity contribution in [3.8, 4) is 0 Å². The zero-order valence-corrected chi connectivity index (χ0v) is 19.3. The number of carbonyl (C=O) groups is 2. The molecule has 3 saturated carbocycles. The Morgan fingerprint density at radius 2 is 1.55 bits per heavy atom. The van der Waals surface area contributed by atoms with Crippen molar-refractivity contribution in [3.63, 3.8) is 0 Å². The maximum Gasteiger partial charge on any atom is 0.242 e. The Kier molecular flexibility index (Phi) is 5.80. The van der Waals surface area contributed by atoms with Gasteiger partial charge in [0.25, 0.3) is 0 Å². The molecule has 0 spiro atoms. The smallest absolute Gasteiger partial charge is 0.242 e. The highest BCUT2D eigenvalue weighted by molar-refractivity contribution is 5.89. The summed E-state index contributed by atoms with van der Waals surface area (Å²) >= 11 is 0. The number of hydrogen-bond donors (Lipinski definition) is 3. The van der Waals surface area contributed by atoms with Gasteiger partial charge in [0.05, 0.1) is 5.54 Å². The highest BCUT2D eigenvalue weighted by atomic mass is 16.2. The molecule has 31 heavy (non-hydrogen) atoms. The summed E-state index contributed by atoms with van der Waals surface area (Å²) in [5.41, 5.74) is 12.8. The summed E-state index contributed by atoms with van der Waals surface area (Å²) < 4.78 is 0. The molecule has 3 aliphatic carbocycles. The monoisotopic (exact) mass is 431 g/mol. The lowest BCUT2D eigenvalue weighted by molar-refractivity contribution is -0.145. The van der Waals surface area contributed by atoms with E-state index < -0.39 is 5.54 Å². The third-order valence-corrected chi connectivity index (χ3v) is 9.28. The van der Waals surface area contributed by atoms with Gasteiger partial charge >= 0.3 is 0 Å². The third kappa shape index (κ3) is 4.02. The van der Waals surface area contributed by atoms with Gasteiger partial charge < -0.3 is 15.5 Å². The van der Waals surface area contributed by atoms with Crippen molar-refractivity contribution < 1.29 is 9.59 Å². The van der Waals surface area contributed by atoms with Crippen LogP contribution in [0.2, 0.25) is 0 Å². The summed E-state index contributed by atoms with van der Waals surface area (Å²) in [5, 5.41) is 0. The molecule has 2 amide bonds. The number of nitrogens with one attached hydrogen (secondary N) is 2. The lowest BCUT2D eigenvalue weighted by atomic mass is 9.66. The van der Waals surface area contributed by atoms with Gasteiger partial charge in [0.1, 0.15) is 0 Å². The molecule has 7 unspecified atom stereocenters. The SMILES string of the molecule is CC1CC(C2NNC3C(C)CCCC32)CCC1C(=O)N1CCN(C(=O)C2(N)CC2)CC1. The van der Waals surface area contributed by atoms with Crippen LogP contribution in [0, 0.1) is 29.6 Å². The molecule has 0 bridgehead atoms. The molecule has 7 nitrogen and oxygen atoms in total. The fourth-order valence-corrected chi connectivity index (χ4v) is 7.03. The first-order chi connectivity index (χ1) is 14.9. The molecule has 0 aromatic carbocycles. The van der Waals surface area contributed by atoms with Crippen molar-refractivity contribution in [2.75, 3.05) is 26.2 Å². The maximum absolute atomic E-state index is 13.3. The van der Waals surface area contributed by atoms with Crippen LogP contribution in [0.25, 0.3) is 0 Å². The Hall–Kier alpha value is -1.18. The van der Waals surface area contributed by atoms with Crippen LogP contribution in [0.4, 0.5) is 0 Å². The van der Waals surface area contributed by atoms with Gasteiger partial charge in [0.15, 0.2) is 0 Å². The van der Waals surface area contributed by atoms with Crippen LogP contribution in [0.3, 0.4) is 0 Å². The normalized spacial score (nSPS) is 42.2. The van der Waals surface area contributed by atoms with Crippen LogP contribution in [-0.2, 0) is 9.59 Å². The first-order valence-corrected chi connectivity index (χ1v) is 12.8. The molecule has 5 rings (SSSR count). The van der Waals surface area contributed by atoms with E-state index in [4.69, 9.17) is 5.73 Å². The van der Waals surface area contributed by atoms with E-state index in [1.54, 1.807) is 0 Å². The van der Waals surface area contributed by atoms with Crippen molar-refractivity contribution in [3.05, 3.63) is 0 Å².